The molecular weight excluding hydrogens is 224 g/mol. The molecule has 1 fully saturated rings. The minimum absolute atomic E-state index is 0.0104. The summed E-state index contributed by atoms with van der Waals surface area (Å²) in [5.41, 5.74) is 0. The molecule has 0 spiro atoms. The number of rotatable bonds is 4. The van der Waals surface area contributed by atoms with Gasteiger partial charge in [0.15, 0.2) is 0 Å². The number of hydrogen-bond acceptors (Lipinski definition) is 3. The molecule has 0 saturated heterocycles. The van der Waals surface area contributed by atoms with Crippen molar-refractivity contribution in [3.63, 3.8) is 0 Å². The molecule has 0 unspecified atom stereocenters. The Labute approximate surface area is 98.7 Å². The molecule has 1 saturated carbocycles. The van der Waals surface area contributed by atoms with E-state index in [-0.39, 0.29) is 6.61 Å². The summed E-state index contributed by atoms with van der Waals surface area (Å²) in [5.74, 6) is 6.53. The van der Waals surface area contributed by atoms with Crippen molar-refractivity contribution in [1.29, 1.82) is 0 Å². The van der Waals surface area contributed by atoms with Crippen LogP contribution in [0.5, 0.6) is 0 Å². The van der Waals surface area contributed by atoms with Gasteiger partial charge in [0.2, 0.25) is 0 Å². The smallest absolute Gasteiger partial charge is 0.257 e. The second kappa shape index (κ2) is 6.93. The van der Waals surface area contributed by atoms with E-state index in [1.807, 2.05) is 0 Å². The van der Waals surface area contributed by atoms with Crippen LogP contribution >= 0.6 is 0 Å². The van der Waals surface area contributed by atoms with Crippen molar-refractivity contribution in [2.24, 2.45) is 5.92 Å². The predicted octanol–water partition coefficient (Wildman–Crippen LogP) is 2.33. The molecule has 92 valence electrons. The quantitative estimate of drug-likeness (QED) is 0.563. The lowest BCUT2D eigenvalue weighted by molar-refractivity contribution is 0.342. The van der Waals surface area contributed by atoms with Crippen LogP contribution in [0.3, 0.4) is 0 Å². The molecule has 0 atom stereocenters. The highest BCUT2D eigenvalue weighted by molar-refractivity contribution is 7.85. The van der Waals surface area contributed by atoms with Gasteiger partial charge in [0.05, 0.1) is 6.26 Å². The van der Waals surface area contributed by atoms with E-state index in [1.54, 1.807) is 0 Å². The third-order valence-electron chi connectivity index (χ3n) is 2.87. The summed E-state index contributed by atoms with van der Waals surface area (Å²) in [6, 6.07) is 0. The van der Waals surface area contributed by atoms with Gasteiger partial charge in [0, 0.05) is 6.42 Å². The van der Waals surface area contributed by atoms with Crippen LogP contribution in [0.4, 0.5) is 0 Å². The number of hydrogen-bond donors (Lipinski definition) is 0. The molecule has 0 aliphatic heterocycles. The van der Waals surface area contributed by atoms with Gasteiger partial charge in [-0.25, -0.2) is 0 Å². The predicted molar refractivity (Wildman–Crippen MR) is 64.4 cm³/mol. The summed E-state index contributed by atoms with van der Waals surface area (Å²) < 4.78 is 25.8. The monoisotopic (exact) mass is 244 g/mol. The normalized spacial score (nSPS) is 17.8. The fourth-order valence-electron chi connectivity index (χ4n) is 2.03. The zero-order chi connectivity index (χ0) is 11.9. The molecule has 0 amide bonds. The largest absolute Gasteiger partial charge is 0.265 e. The van der Waals surface area contributed by atoms with Crippen molar-refractivity contribution in [2.45, 2.75) is 44.9 Å². The summed E-state index contributed by atoms with van der Waals surface area (Å²) in [6.45, 7) is -0.0104. The highest BCUT2D eigenvalue weighted by atomic mass is 32.2. The fraction of sp³-hybridized carbons (Fsp3) is 0.833. The highest BCUT2D eigenvalue weighted by Gasteiger charge is 2.11. The van der Waals surface area contributed by atoms with Crippen LogP contribution in [-0.2, 0) is 14.3 Å². The van der Waals surface area contributed by atoms with Crippen molar-refractivity contribution in [3.8, 4) is 11.8 Å². The SMILES string of the molecule is CS(=O)(=O)OCC#CCCC1CCCCC1. The lowest BCUT2D eigenvalue weighted by Gasteiger charge is -2.20. The van der Waals surface area contributed by atoms with Crippen LogP contribution in [0.15, 0.2) is 0 Å². The standard InChI is InChI=1S/C12H20O3S/c1-16(13,14)15-11-7-3-6-10-12-8-4-2-5-9-12/h12H,2,4-6,8-11H2,1H3. The minimum Gasteiger partial charge on any atom is -0.257 e. The highest BCUT2D eigenvalue weighted by Crippen LogP contribution is 2.26. The molecular formula is C12H20O3S. The molecule has 3 nitrogen and oxygen atoms in total. The molecule has 16 heavy (non-hydrogen) atoms. The molecule has 1 aliphatic carbocycles. The van der Waals surface area contributed by atoms with Crippen LogP contribution < -0.4 is 0 Å². The fourth-order valence-corrected chi connectivity index (χ4v) is 2.30. The van der Waals surface area contributed by atoms with E-state index in [2.05, 4.69) is 16.0 Å². The third kappa shape index (κ3) is 6.86. The van der Waals surface area contributed by atoms with E-state index < -0.39 is 10.1 Å². The Balaban J connectivity index is 2.08. The Kier molecular flexibility index (Phi) is 5.86. The Morgan fingerprint density at radius 1 is 1.19 bits per heavy atom. The summed E-state index contributed by atoms with van der Waals surface area (Å²) in [5, 5.41) is 0. The first kappa shape index (κ1) is 13.5. The van der Waals surface area contributed by atoms with E-state index in [0.717, 1.165) is 25.0 Å². The van der Waals surface area contributed by atoms with Crippen molar-refractivity contribution < 1.29 is 12.6 Å². The molecule has 4 heteroatoms. The Morgan fingerprint density at radius 2 is 1.88 bits per heavy atom. The van der Waals surface area contributed by atoms with Gasteiger partial charge in [-0.15, -0.1) is 5.92 Å². The van der Waals surface area contributed by atoms with Gasteiger partial charge in [-0.05, 0) is 12.3 Å². The second-order valence-electron chi connectivity index (χ2n) is 4.36. The maximum absolute atomic E-state index is 10.6. The van der Waals surface area contributed by atoms with E-state index in [4.69, 9.17) is 0 Å². The van der Waals surface area contributed by atoms with Gasteiger partial charge in [-0.1, -0.05) is 38.0 Å². The lowest BCUT2D eigenvalue weighted by atomic mass is 9.86. The molecule has 0 aromatic carbocycles. The topological polar surface area (TPSA) is 43.4 Å². The third-order valence-corrected chi connectivity index (χ3v) is 3.42. The second-order valence-corrected chi connectivity index (χ2v) is 6.01. The van der Waals surface area contributed by atoms with Crippen molar-refractivity contribution in [1.82, 2.24) is 0 Å². The first-order chi connectivity index (χ1) is 7.58. The maximum atomic E-state index is 10.6. The zero-order valence-electron chi connectivity index (χ0n) is 9.87. The van der Waals surface area contributed by atoms with Crippen LogP contribution in [0.2, 0.25) is 0 Å². The van der Waals surface area contributed by atoms with Gasteiger partial charge in [0.25, 0.3) is 10.1 Å². The van der Waals surface area contributed by atoms with E-state index in [0.29, 0.717) is 0 Å². The van der Waals surface area contributed by atoms with Crippen molar-refractivity contribution in [3.05, 3.63) is 0 Å². The summed E-state index contributed by atoms with van der Waals surface area (Å²) in [7, 11) is -3.33. The van der Waals surface area contributed by atoms with Crippen LogP contribution in [0, 0.1) is 17.8 Å². The van der Waals surface area contributed by atoms with E-state index in [1.165, 1.54) is 32.1 Å². The lowest BCUT2D eigenvalue weighted by Crippen LogP contribution is -2.05. The molecule has 1 rings (SSSR count). The zero-order valence-corrected chi connectivity index (χ0v) is 10.7. The van der Waals surface area contributed by atoms with Gasteiger partial charge >= 0.3 is 0 Å². The van der Waals surface area contributed by atoms with Crippen molar-refractivity contribution >= 4 is 10.1 Å². The van der Waals surface area contributed by atoms with Crippen LogP contribution in [0.1, 0.15) is 44.9 Å². The van der Waals surface area contributed by atoms with Gasteiger partial charge < -0.3 is 0 Å². The summed E-state index contributed by atoms with van der Waals surface area (Å²) in [6.07, 6.45) is 9.80. The molecule has 0 radical (unpaired) electrons. The summed E-state index contributed by atoms with van der Waals surface area (Å²) >= 11 is 0. The average Bonchev–Trinajstić information content (AvgIpc) is 2.23. The Bertz CT molecular complexity index is 342. The molecule has 0 N–H and O–H groups in total. The first-order valence-corrected chi connectivity index (χ1v) is 7.70. The van der Waals surface area contributed by atoms with Crippen LogP contribution in [-0.4, -0.2) is 21.3 Å². The van der Waals surface area contributed by atoms with Gasteiger partial charge in [-0.2, -0.15) is 8.42 Å². The molecule has 0 aromatic heterocycles. The Morgan fingerprint density at radius 3 is 2.50 bits per heavy atom. The van der Waals surface area contributed by atoms with Gasteiger partial charge in [-0.3, -0.25) is 4.18 Å². The molecule has 0 heterocycles. The van der Waals surface area contributed by atoms with Crippen molar-refractivity contribution in [2.75, 3.05) is 12.9 Å². The van der Waals surface area contributed by atoms with Crippen LogP contribution in [0.25, 0.3) is 0 Å². The van der Waals surface area contributed by atoms with E-state index in [9.17, 15) is 8.42 Å². The van der Waals surface area contributed by atoms with E-state index >= 15 is 0 Å². The summed E-state index contributed by atoms with van der Waals surface area (Å²) in [4.78, 5) is 0. The molecule has 0 aromatic rings. The molecule has 1 aliphatic rings. The van der Waals surface area contributed by atoms with Gasteiger partial charge in [0.1, 0.15) is 6.61 Å². The minimum atomic E-state index is -3.33. The molecule has 0 bridgehead atoms. The first-order valence-electron chi connectivity index (χ1n) is 5.88. The Hall–Kier alpha value is -0.530. The average molecular weight is 244 g/mol. The maximum Gasteiger partial charge on any atom is 0.265 e.